The van der Waals surface area contributed by atoms with Gasteiger partial charge < -0.3 is 14.6 Å². The van der Waals surface area contributed by atoms with Crippen molar-refractivity contribution in [2.45, 2.75) is 75.9 Å². The highest BCUT2D eigenvalue weighted by molar-refractivity contribution is 5.72. The summed E-state index contributed by atoms with van der Waals surface area (Å²) in [6, 6.07) is 6.02. The number of hydrogen-bond acceptors (Lipinski definition) is 4. The van der Waals surface area contributed by atoms with Crippen LogP contribution >= 0.6 is 0 Å². The third-order valence-corrected chi connectivity index (χ3v) is 5.57. The number of carbonyl (C=O) groups is 1. The normalized spacial score (nSPS) is 29.2. The largest absolute Gasteiger partial charge is 0.573 e. The number of hydrogen-bond donors (Lipinski definition) is 1. The Morgan fingerprint density at radius 3 is 2.07 bits per heavy atom. The monoisotopic (exact) mass is 386 g/mol. The lowest BCUT2D eigenvalue weighted by atomic mass is 9.82. The van der Waals surface area contributed by atoms with Crippen molar-refractivity contribution in [1.82, 2.24) is 0 Å². The molecule has 3 rings (SSSR count). The summed E-state index contributed by atoms with van der Waals surface area (Å²) < 4.78 is 46.2. The first-order chi connectivity index (χ1) is 12.8. The van der Waals surface area contributed by atoms with Crippen LogP contribution in [0.1, 0.15) is 62.8 Å². The number of ether oxygens (including phenoxy) is 2. The van der Waals surface area contributed by atoms with Crippen LogP contribution in [-0.2, 0) is 9.53 Å². The van der Waals surface area contributed by atoms with Crippen molar-refractivity contribution in [3.05, 3.63) is 29.8 Å². The summed E-state index contributed by atoms with van der Waals surface area (Å²) >= 11 is 0. The molecule has 150 valence electrons. The van der Waals surface area contributed by atoms with Crippen molar-refractivity contribution in [2.24, 2.45) is 5.92 Å². The molecular formula is C20H25F3O4. The molecule has 2 aliphatic rings. The van der Waals surface area contributed by atoms with E-state index in [-0.39, 0.29) is 35.8 Å². The van der Waals surface area contributed by atoms with E-state index in [2.05, 4.69) is 4.74 Å². The molecule has 0 radical (unpaired) electrons. The molecular weight excluding hydrogens is 361 g/mol. The van der Waals surface area contributed by atoms with Gasteiger partial charge in [0.1, 0.15) is 11.9 Å². The van der Waals surface area contributed by atoms with Gasteiger partial charge in [-0.2, -0.15) is 0 Å². The second-order valence-corrected chi connectivity index (χ2v) is 7.53. The molecule has 7 heteroatoms. The molecule has 0 aromatic heterocycles. The highest BCUT2D eigenvalue weighted by atomic mass is 19.4. The van der Waals surface area contributed by atoms with Crippen LogP contribution in [0.2, 0.25) is 0 Å². The smallest absolute Gasteiger partial charge is 0.462 e. The summed E-state index contributed by atoms with van der Waals surface area (Å²) in [6.07, 6.45) is 0.788. The fourth-order valence-corrected chi connectivity index (χ4v) is 4.03. The molecule has 0 aliphatic heterocycles. The second-order valence-electron chi connectivity index (χ2n) is 7.53. The number of esters is 1. The van der Waals surface area contributed by atoms with E-state index in [9.17, 15) is 23.1 Å². The maximum atomic E-state index is 12.3. The molecule has 0 saturated heterocycles. The molecule has 2 aliphatic carbocycles. The van der Waals surface area contributed by atoms with Crippen molar-refractivity contribution in [1.29, 1.82) is 0 Å². The van der Waals surface area contributed by atoms with Gasteiger partial charge in [0.25, 0.3) is 0 Å². The lowest BCUT2D eigenvalue weighted by Crippen LogP contribution is -2.30. The summed E-state index contributed by atoms with van der Waals surface area (Å²) in [5, 5.41) is 9.52. The van der Waals surface area contributed by atoms with E-state index in [1.807, 2.05) is 0 Å². The van der Waals surface area contributed by atoms with Crippen LogP contribution in [0.5, 0.6) is 5.75 Å². The third-order valence-electron chi connectivity index (χ3n) is 5.57. The van der Waals surface area contributed by atoms with Gasteiger partial charge in [0.15, 0.2) is 0 Å². The van der Waals surface area contributed by atoms with Crippen LogP contribution in [0.3, 0.4) is 0 Å². The van der Waals surface area contributed by atoms with Crippen LogP contribution in [-0.4, -0.2) is 29.6 Å². The summed E-state index contributed by atoms with van der Waals surface area (Å²) in [7, 11) is 0. The Hall–Kier alpha value is -1.76. The van der Waals surface area contributed by atoms with E-state index in [1.54, 1.807) is 12.1 Å². The van der Waals surface area contributed by atoms with Gasteiger partial charge in [0.2, 0.25) is 0 Å². The lowest BCUT2D eigenvalue weighted by molar-refractivity contribution is -0.274. The van der Waals surface area contributed by atoms with Crippen LogP contribution in [0, 0.1) is 5.92 Å². The minimum absolute atomic E-state index is 0.0894. The van der Waals surface area contributed by atoms with E-state index < -0.39 is 6.36 Å². The maximum Gasteiger partial charge on any atom is 0.573 e. The molecule has 0 bridgehead atoms. The van der Waals surface area contributed by atoms with E-state index in [0.29, 0.717) is 25.7 Å². The fraction of sp³-hybridized carbons (Fsp3) is 0.650. The van der Waals surface area contributed by atoms with E-state index in [1.165, 1.54) is 12.1 Å². The van der Waals surface area contributed by atoms with Gasteiger partial charge in [0, 0.05) is 0 Å². The number of carbonyl (C=O) groups excluding carboxylic acids is 1. The number of alkyl halides is 3. The number of rotatable bonds is 4. The molecule has 0 amide bonds. The highest BCUT2D eigenvalue weighted by Crippen LogP contribution is 2.36. The molecule has 1 aromatic rings. The Bertz CT molecular complexity index is 613. The van der Waals surface area contributed by atoms with E-state index in [0.717, 1.165) is 31.2 Å². The van der Waals surface area contributed by atoms with Gasteiger partial charge in [-0.1, -0.05) is 12.1 Å². The van der Waals surface area contributed by atoms with Gasteiger partial charge in [-0.3, -0.25) is 4.79 Å². The Morgan fingerprint density at radius 2 is 1.52 bits per heavy atom. The van der Waals surface area contributed by atoms with Crippen molar-refractivity contribution in [2.75, 3.05) is 0 Å². The van der Waals surface area contributed by atoms with Crippen LogP contribution in [0.4, 0.5) is 13.2 Å². The van der Waals surface area contributed by atoms with Crippen molar-refractivity contribution < 1.29 is 32.5 Å². The minimum Gasteiger partial charge on any atom is -0.462 e. The molecule has 4 nitrogen and oxygen atoms in total. The van der Waals surface area contributed by atoms with Gasteiger partial charge in [-0.15, -0.1) is 13.2 Å². The first kappa shape index (κ1) is 20.0. The molecule has 2 saturated carbocycles. The molecule has 2 fully saturated rings. The number of aliphatic hydroxyl groups excluding tert-OH is 1. The first-order valence-corrected chi connectivity index (χ1v) is 9.54. The maximum absolute atomic E-state index is 12.3. The summed E-state index contributed by atoms with van der Waals surface area (Å²) in [5.74, 6) is -0.220. The Kier molecular flexibility index (Phi) is 6.29. The number of aliphatic hydroxyl groups is 1. The standard InChI is InChI=1S/C20H25F3O4/c21-20(22,23)27-18-11-5-14(6-12-18)13-3-9-17(10-4-13)26-19(25)15-1-7-16(24)8-2-15/h5-6,11-13,15-17,24H,1-4,7-10H2. The Labute approximate surface area is 156 Å². The molecule has 0 spiro atoms. The second kappa shape index (κ2) is 8.50. The summed E-state index contributed by atoms with van der Waals surface area (Å²) in [6.45, 7) is 0. The molecule has 1 aromatic carbocycles. The average molecular weight is 386 g/mol. The van der Waals surface area contributed by atoms with Crippen molar-refractivity contribution in [3.8, 4) is 5.75 Å². The molecule has 1 N–H and O–H groups in total. The number of halogens is 3. The SMILES string of the molecule is O=C(OC1CCC(c2ccc(OC(F)(F)F)cc2)CC1)C1CCC(O)CC1. The van der Waals surface area contributed by atoms with Gasteiger partial charge in [0.05, 0.1) is 12.0 Å². The zero-order chi connectivity index (χ0) is 19.4. The lowest BCUT2D eigenvalue weighted by Gasteiger charge is -2.31. The topological polar surface area (TPSA) is 55.8 Å². The Morgan fingerprint density at radius 1 is 0.926 bits per heavy atom. The van der Waals surface area contributed by atoms with E-state index in [4.69, 9.17) is 4.74 Å². The molecule has 27 heavy (non-hydrogen) atoms. The van der Waals surface area contributed by atoms with Crippen LogP contribution in [0.25, 0.3) is 0 Å². The highest BCUT2D eigenvalue weighted by Gasteiger charge is 2.32. The minimum atomic E-state index is -4.68. The quantitative estimate of drug-likeness (QED) is 0.762. The van der Waals surface area contributed by atoms with E-state index >= 15 is 0 Å². The first-order valence-electron chi connectivity index (χ1n) is 9.54. The van der Waals surface area contributed by atoms with Gasteiger partial charge >= 0.3 is 12.3 Å². The van der Waals surface area contributed by atoms with Crippen molar-refractivity contribution in [3.63, 3.8) is 0 Å². The average Bonchev–Trinajstić information content (AvgIpc) is 2.62. The zero-order valence-electron chi connectivity index (χ0n) is 15.1. The molecule has 0 heterocycles. The fourth-order valence-electron chi connectivity index (χ4n) is 4.03. The summed E-state index contributed by atoms with van der Waals surface area (Å²) in [5.41, 5.74) is 0.982. The Balaban J connectivity index is 1.45. The number of benzene rings is 1. The van der Waals surface area contributed by atoms with Gasteiger partial charge in [-0.25, -0.2) is 0 Å². The molecule has 0 unspecified atom stereocenters. The van der Waals surface area contributed by atoms with Crippen molar-refractivity contribution >= 4 is 5.97 Å². The summed E-state index contributed by atoms with van der Waals surface area (Å²) in [4.78, 5) is 12.3. The predicted molar refractivity (Wildman–Crippen MR) is 92.2 cm³/mol. The van der Waals surface area contributed by atoms with Crippen LogP contribution in [0.15, 0.2) is 24.3 Å². The third kappa shape index (κ3) is 5.86. The zero-order valence-corrected chi connectivity index (χ0v) is 15.1. The van der Waals surface area contributed by atoms with Crippen LogP contribution < -0.4 is 4.74 Å². The van der Waals surface area contributed by atoms with Gasteiger partial charge in [-0.05, 0) is 75.0 Å². The predicted octanol–water partition coefficient (Wildman–Crippen LogP) is 4.71. The molecule has 0 atom stereocenters.